The van der Waals surface area contributed by atoms with E-state index in [0.29, 0.717) is 6.42 Å². The number of carbonyl (C=O) groups excluding carboxylic acids is 1. The summed E-state index contributed by atoms with van der Waals surface area (Å²) in [7, 11) is 1.74. The predicted octanol–water partition coefficient (Wildman–Crippen LogP) is 0.964. The molecule has 0 radical (unpaired) electrons. The second-order valence-corrected chi connectivity index (χ2v) is 3.99. The van der Waals surface area contributed by atoms with Gasteiger partial charge in [0.05, 0.1) is 11.8 Å². The Kier molecular flexibility index (Phi) is 3.13. The average molecular weight is 199 g/mol. The molecule has 14 heavy (non-hydrogen) atoms. The monoisotopic (exact) mass is 199 g/mol. The number of rotatable bonds is 4. The largest absolute Gasteiger partial charge is 0.481 e. The standard InChI is InChI=1S/C10H17NO3/c1-4-6(2)11(3)9(12)7-5-8(7)10(13)14/h6-8H,4-5H2,1-3H3,(H,13,14). The van der Waals surface area contributed by atoms with Crippen LogP contribution in [0.1, 0.15) is 26.7 Å². The lowest BCUT2D eigenvalue weighted by Crippen LogP contribution is -2.36. The van der Waals surface area contributed by atoms with Crippen LogP contribution in [0.5, 0.6) is 0 Å². The van der Waals surface area contributed by atoms with Gasteiger partial charge in [0, 0.05) is 13.1 Å². The number of aliphatic carboxylic acids is 1. The van der Waals surface area contributed by atoms with Crippen LogP contribution in [0, 0.1) is 11.8 Å². The number of carboxylic acids is 1. The minimum atomic E-state index is -0.846. The van der Waals surface area contributed by atoms with E-state index in [9.17, 15) is 9.59 Å². The Bertz CT molecular complexity index is 252. The van der Waals surface area contributed by atoms with Crippen LogP contribution in [0.3, 0.4) is 0 Å². The lowest BCUT2D eigenvalue weighted by atomic mass is 10.2. The number of nitrogens with zero attached hydrogens (tertiary/aromatic N) is 1. The van der Waals surface area contributed by atoms with Crippen molar-refractivity contribution in [2.75, 3.05) is 7.05 Å². The first-order valence-corrected chi connectivity index (χ1v) is 4.98. The van der Waals surface area contributed by atoms with Crippen LogP contribution in [0.2, 0.25) is 0 Å². The Morgan fingerprint density at radius 2 is 2.07 bits per heavy atom. The van der Waals surface area contributed by atoms with E-state index in [1.807, 2.05) is 13.8 Å². The predicted molar refractivity (Wildman–Crippen MR) is 51.8 cm³/mol. The normalized spacial score (nSPS) is 26.8. The zero-order valence-electron chi connectivity index (χ0n) is 8.86. The van der Waals surface area contributed by atoms with Gasteiger partial charge in [-0.3, -0.25) is 9.59 Å². The van der Waals surface area contributed by atoms with Gasteiger partial charge in [-0.05, 0) is 19.8 Å². The molecule has 0 aromatic heterocycles. The highest BCUT2D eigenvalue weighted by atomic mass is 16.4. The Morgan fingerprint density at radius 1 is 1.50 bits per heavy atom. The fraction of sp³-hybridized carbons (Fsp3) is 0.800. The number of carboxylic acid groups (broad SMARTS) is 1. The zero-order valence-corrected chi connectivity index (χ0v) is 8.86. The van der Waals surface area contributed by atoms with Crippen molar-refractivity contribution in [3.8, 4) is 0 Å². The lowest BCUT2D eigenvalue weighted by Gasteiger charge is -2.23. The molecule has 0 saturated heterocycles. The smallest absolute Gasteiger partial charge is 0.307 e. The van der Waals surface area contributed by atoms with Gasteiger partial charge in [-0.1, -0.05) is 6.92 Å². The zero-order chi connectivity index (χ0) is 10.9. The van der Waals surface area contributed by atoms with Gasteiger partial charge in [-0.25, -0.2) is 0 Å². The summed E-state index contributed by atoms with van der Waals surface area (Å²) >= 11 is 0. The van der Waals surface area contributed by atoms with Crippen molar-refractivity contribution in [1.82, 2.24) is 4.90 Å². The van der Waals surface area contributed by atoms with Crippen molar-refractivity contribution in [2.24, 2.45) is 11.8 Å². The number of carbonyl (C=O) groups is 2. The third-order valence-corrected chi connectivity index (χ3v) is 3.02. The van der Waals surface area contributed by atoms with Crippen LogP contribution < -0.4 is 0 Å². The summed E-state index contributed by atoms with van der Waals surface area (Å²) in [5.41, 5.74) is 0. The van der Waals surface area contributed by atoms with Gasteiger partial charge in [-0.2, -0.15) is 0 Å². The average Bonchev–Trinajstić information content (AvgIpc) is 2.93. The van der Waals surface area contributed by atoms with Crippen molar-refractivity contribution >= 4 is 11.9 Å². The van der Waals surface area contributed by atoms with E-state index >= 15 is 0 Å². The van der Waals surface area contributed by atoms with E-state index in [1.165, 1.54) is 0 Å². The van der Waals surface area contributed by atoms with E-state index in [1.54, 1.807) is 11.9 Å². The first-order valence-electron chi connectivity index (χ1n) is 4.98. The van der Waals surface area contributed by atoms with E-state index in [2.05, 4.69) is 0 Å². The molecule has 0 aliphatic heterocycles. The van der Waals surface area contributed by atoms with Crippen LogP contribution in [0.25, 0.3) is 0 Å². The van der Waals surface area contributed by atoms with Crippen LogP contribution in [-0.2, 0) is 9.59 Å². The molecule has 3 unspecified atom stereocenters. The molecule has 1 rings (SSSR count). The molecule has 3 atom stereocenters. The molecule has 0 spiro atoms. The summed E-state index contributed by atoms with van der Waals surface area (Å²) in [6.07, 6.45) is 1.40. The maximum absolute atomic E-state index is 11.7. The van der Waals surface area contributed by atoms with Gasteiger partial charge >= 0.3 is 5.97 Å². The Labute approximate surface area is 83.9 Å². The van der Waals surface area contributed by atoms with Gasteiger partial charge in [0.25, 0.3) is 0 Å². The van der Waals surface area contributed by atoms with E-state index < -0.39 is 11.9 Å². The van der Waals surface area contributed by atoms with E-state index in [-0.39, 0.29) is 17.9 Å². The molecule has 1 aliphatic carbocycles. The third kappa shape index (κ3) is 2.05. The Hall–Kier alpha value is -1.06. The van der Waals surface area contributed by atoms with Crippen molar-refractivity contribution in [1.29, 1.82) is 0 Å². The Balaban J connectivity index is 2.48. The maximum Gasteiger partial charge on any atom is 0.307 e. The van der Waals surface area contributed by atoms with Crippen LogP contribution >= 0.6 is 0 Å². The third-order valence-electron chi connectivity index (χ3n) is 3.02. The number of hydrogen-bond donors (Lipinski definition) is 1. The summed E-state index contributed by atoms with van der Waals surface area (Å²) in [6, 6.07) is 0.192. The van der Waals surface area contributed by atoms with E-state index in [0.717, 1.165) is 6.42 Å². The highest BCUT2D eigenvalue weighted by Crippen LogP contribution is 2.40. The molecule has 4 nitrogen and oxygen atoms in total. The lowest BCUT2D eigenvalue weighted by molar-refractivity contribution is -0.142. The molecule has 1 amide bonds. The SMILES string of the molecule is CCC(C)N(C)C(=O)C1CC1C(=O)O. The molecule has 1 aliphatic rings. The molecule has 1 fully saturated rings. The molecule has 0 aromatic rings. The minimum Gasteiger partial charge on any atom is -0.481 e. The summed E-state index contributed by atoms with van der Waals surface area (Å²) in [6.45, 7) is 3.98. The van der Waals surface area contributed by atoms with Gasteiger partial charge in [0.15, 0.2) is 0 Å². The van der Waals surface area contributed by atoms with Crippen molar-refractivity contribution in [2.45, 2.75) is 32.7 Å². The highest BCUT2D eigenvalue weighted by Gasteiger charge is 2.49. The quantitative estimate of drug-likeness (QED) is 0.733. The molecular weight excluding hydrogens is 182 g/mol. The summed E-state index contributed by atoms with van der Waals surface area (Å²) in [5.74, 6) is -1.58. The van der Waals surface area contributed by atoms with Crippen molar-refractivity contribution in [3.63, 3.8) is 0 Å². The first kappa shape index (κ1) is 11.0. The fourth-order valence-electron chi connectivity index (χ4n) is 1.49. The molecule has 0 aromatic carbocycles. The number of hydrogen-bond acceptors (Lipinski definition) is 2. The van der Waals surface area contributed by atoms with Crippen molar-refractivity contribution < 1.29 is 14.7 Å². The molecule has 1 saturated carbocycles. The topological polar surface area (TPSA) is 57.6 Å². The van der Waals surface area contributed by atoms with Crippen LogP contribution in [0.15, 0.2) is 0 Å². The fourth-order valence-corrected chi connectivity index (χ4v) is 1.49. The molecule has 1 N–H and O–H groups in total. The molecule has 4 heteroatoms. The molecule has 0 bridgehead atoms. The molecule has 0 heterocycles. The van der Waals surface area contributed by atoms with Crippen LogP contribution in [-0.4, -0.2) is 35.0 Å². The minimum absolute atomic E-state index is 0.0215. The second-order valence-electron chi connectivity index (χ2n) is 3.99. The Morgan fingerprint density at radius 3 is 2.43 bits per heavy atom. The molecular formula is C10H17NO3. The van der Waals surface area contributed by atoms with Crippen molar-refractivity contribution in [3.05, 3.63) is 0 Å². The van der Waals surface area contributed by atoms with Gasteiger partial charge in [0.2, 0.25) is 5.91 Å². The van der Waals surface area contributed by atoms with E-state index in [4.69, 9.17) is 5.11 Å². The highest BCUT2D eigenvalue weighted by molar-refractivity contribution is 5.89. The maximum atomic E-state index is 11.7. The first-order chi connectivity index (χ1) is 6.49. The summed E-state index contributed by atoms with van der Waals surface area (Å²) in [5, 5.41) is 8.68. The summed E-state index contributed by atoms with van der Waals surface area (Å²) < 4.78 is 0. The van der Waals surface area contributed by atoms with Gasteiger partial charge in [-0.15, -0.1) is 0 Å². The summed E-state index contributed by atoms with van der Waals surface area (Å²) in [4.78, 5) is 23.9. The number of amides is 1. The van der Waals surface area contributed by atoms with Crippen LogP contribution in [0.4, 0.5) is 0 Å². The second kappa shape index (κ2) is 3.98. The van der Waals surface area contributed by atoms with Gasteiger partial charge < -0.3 is 10.0 Å². The molecule has 80 valence electrons. The van der Waals surface area contributed by atoms with Gasteiger partial charge in [0.1, 0.15) is 0 Å².